The zero-order valence-corrected chi connectivity index (χ0v) is 21.1. The van der Waals surface area contributed by atoms with Gasteiger partial charge in [0.2, 0.25) is 0 Å². The molecule has 0 radical (unpaired) electrons. The Labute approximate surface area is 221 Å². The molecule has 0 amide bonds. The Morgan fingerprint density at radius 1 is 1.21 bits per heavy atom. The lowest BCUT2D eigenvalue weighted by molar-refractivity contribution is 0.0680. The molecule has 4 aromatic rings. The van der Waals surface area contributed by atoms with Crippen molar-refractivity contribution in [2.75, 3.05) is 6.54 Å². The van der Waals surface area contributed by atoms with E-state index in [9.17, 15) is 9.90 Å². The van der Waals surface area contributed by atoms with Crippen molar-refractivity contribution in [1.82, 2.24) is 34.7 Å². The van der Waals surface area contributed by atoms with Gasteiger partial charge in [-0.15, -0.1) is 5.10 Å². The van der Waals surface area contributed by atoms with Crippen molar-refractivity contribution in [1.29, 1.82) is 0 Å². The van der Waals surface area contributed by atoms with Crippen LogP contribution in [0.2, 0.25) is 0 Å². The number of carboxylic acids is 1. The maximum Gasteiger partial charge on any atom is 0.339 e. The Bertz CT molecular complexity index is 1470. The van der Waals surface area contributed by atoms with E-state index in [1.54, 1.807) is 15.6 Å². The summed E-state index contributed by atoms with van der Waals surface area (Å²) in [5, 5.41) is 22.7. The van der Waals surface area contributed by atoms with Gasteiger partial charge in [0.05, 0.1) is 29.0 Å². The minimum atomic E-state index is -0.972. The van der Waals surface area contributed by atoms with Crippen molar-refractivity contribution in [3.63, 3.8) is 0 Å². The average Bonchev–Trinajstić information content (AvgIpc) is 3.33. The fourth-order valence-corrected chi connectivity index (χ4v) is 5.37. The Kier molecular flexibility index (Phi) is 6.52. The van der Waals surface area contributed by atoms with Crippen LogP contribution >= 0.6 is 0 Å². The Morgan fingerprint density at radius 3 is 2.82 bits per heavy atom. The molecule has 1 aliphatic carbocycles. The quantitative estimate of drug-likeness (QED) is 0.407. The van der Waals surface area contributed by atoms with Crippen molar-refractivity contribution in [2.45, 2.75) is 58.2 Å². The number of aromatic carboxylic acids is 1. The standard InChI is InChI=1S/C27H29N7O3.CH4/c1-27(2)16-33(15-23-24(37-27)8-5-9-28-23)13-17-6-4-7-18(10-17)34-25(21(12-29-34)26(35)36)20-11-19(20)22-14-32(3)31-30-22;/h4-10,12,14,19-20H,11,13,15-16H2,1-3H3,(H,35,36);1H4/t19-,20-;/m1./s1. The number of aromatic nitrogens is 6. The van der Waals surface area contributed by atoms with E-state index in [1.807, 2.05) is 37.5 Å². The monoisotopic (exact) mass is 515 g/mol. The molecule has 0 spiro atoms. The minimum Gasteiger partial charge on any atom is -0.485 e. The van der Waals surface area contributed by atoms with E-state index >= 15 is 0 Å². The summed E-state index contributed by atoms with van der Waals surface area (Å²) < 4.78 is 9.69. The second-order valence-electron chi connectivity index (χ2n) is 10.6. The number of nitrogens with zero attached hydrogens (tertiary/aromatic N) is 7. The van der Waals surface area contributed by atoms with Crippen molar-refractivity contribution in [3.05, 3.63) is 83.2 Å². The van der Waals surface area contributed by atoms with Crippen LogP contribution in [0, 0.1) is 0 Å². The summed E-state index contributed by atoms with van der Waals surface area (Å²) >= 11 is 0. The fourth-order valence-electron chi connectivity index (χ4n) is 5.37. The van der Waals surface area contributed by atoms with Crippen LogP contribution in [-0.4, -0.2) is 57.9 Å². The SMILES string of the molecule is C.Cn1cc([C@@H]2C[C@H]2c2c(C(=O)O)cnn2-c2cccc(CN3Cc4ncccc4OC(C)(C)C3)c2)nn1. The van der Waals surface area contributed by atoms with Crippen molar-refractivity contribution >= 4 is 5.97 Å². The maximum absolute atomic E-state index is 12.1. The normalized spacial score (nSPS) is 20.1. The summed E-state index contributed by atoms with van der Waals surface area (Å²) in [6.45, 7) is 6.30. The molecule has 10 nitrogen and oxygen atoms in total. The molecule has 0 bridgehead atoms. The molecule has 1 saturated carbocycles. The fraction of sp³-hybridized carbons (Fsp3) is 0.393. The van der Waals surface area contributed by atoms with Crippen LogP contribution in [0.3, 0.4) is 0 Å². The molecule has 38 heavy (non-hydrogen) atoms. The van der Waals surface area contributed by atoms with E-state index in [4.69, 9.17) is 4.74 Å². The molecule has 4 heterocycles. The summed E-state index contributed by atoms with van der Waals surface area (Å²) in [6, 6.07) is 12.0. The topological polar surface area (TPSA) is 111 Å². The third-order valence-corrected chi connectivity index (χ3v) is 6.95. The zero-order valence-electron chi connectivity index (χ0n) is 21.1. The van der Waals surface area contributed by atoms with Gasteiger partial charge in [0.15, 0.2) is 0 Å². The van der Waals surface area contributed by atoms with Gasteiger partial charge < -0.3 is 9.84 Å². The second-order valence-corrected chi connectivity index (χ2v) is 10.6. The highest BCUT2D eigenvalue weighted by molar-refractivity contribution is 5.89. The van der Waals surface area contributed by atoms with Crippen LogP contribution in [0.25, 0.3) is 5.69 Å². The molecular weight excluding hydrogens is 482 g/mol. The number of carbonyl (C=O) groups is 1. The third-order valence-electron chi connectivity index (χ3n) is 6.95. The first-order chi connectivity index (χ1) is 17.8. The molecule has 2 aliphatic rings. The van der Waals surface area contributed by atoms with Crippen molar-refractivity contribution in [3.8, 4) is 11.4 Å². The van der Waals surface area contributed by atoms with Gasteiger partial charge in [-0.05, 0) is 50.1 Å². The van der Waals surface area contributed by atoms with Gasteiger partial charge in [-0.25, -0.2) is 9.48 Å². The molecule has 2 atom stereocenters. The van der Waals surface area contributed by atoms with Gasteiger partial charge in [0.25, 0.3) is 0 Å². The summed E-state index contributed by atoms with van der Waals surface area (Å²) in [7, 11) is 1.83. The first-order valence-corrected chi connectivity index (χ1v) is 12.4. The van der Waals surface area contributed by atoms with Gasteiger partial charge in [0, 0.05) is 50.9 Å². The second kappa shape index (κ2) is 9.68. The molecule has 1 aromatic carbocycles. The van der Waals surface area contributed by atoms with Gasteiger partial charge in [-0.1, -0.05) is 24.8 Å². The van der Waals surface area contributed by atoms with Crippen LogP contribution < -0.4 is 4.74 Å². The molecule has 1 fully saturated rings. The maximum atomic E-state index is 12.1. The molecule has 6 rings (SSSR count). The Hall–Kier alpha value is -4.05. The number of benzene rings is 1. The predicted octanol–water partition coefficient (Wildman–Crippen LogP) is 4.17. The van der Waals surface area contributed by atoms with Gasteiger partial charge >= 0.3 is 5.97 Å². The van der Waals surface area contributed by atoms with Gasteiger partial charge in [0.1, 0.15) is 16.9 Å². The molecule has 198 valence electrons. The minimum absolute atomic E-state index is 0. The number of aryl methyl sites for hydroxylation is 1. The first kappa shape index (κ1) is 25.6. The highest BCUT2D eigenvalue weighted by Gasteiger charge is 2.46. The number of fused-ring (bicyclic) bond motifs is 1. The summed E-state index contributed by atoms with van der Waals surface area (Å²) in [4.78, 5) is 18.9. The van der Waals surface area contributed by atoms with E-state index in [2.05, 4.69) is 51.3 Å². The summed E-state index contributed by atoms with van der Waals surface area (Å²) in [6.07, 6.45) is 5.96. The largest absolute Gasteiger partial charge is 0.485 e. The van der Waals surface area contributed by atoms with Crippen molar-refractivity contribution < 1.29 is 14.6 Å². The Morgan fingerprint density at radius 2 is 2.05 bits per heavy atom. The number of hydrogen-bond acceptors (Lipinski definition) is 7. The lowest BCUT2D eigenvalue weighted by Crippen LogP contribution is -2.40. The van der Waals surface area contributed by atoms with Gasteiger partial charge in [-0.3, -0.25) is 14.6 Å². The van der Waals surface area contributed by atoms with Crippen LogP contribution in [0.15, 0.2) is 55.0 Å². The number of ether oxygens (including phenoxy) is 1. The predicted molar refractivity (Wildman–Crippen MR) is 141 cm³/mol. The van der Waals surface area contributed by atoms with E-state index in [1.165, 1.54) is 6.20 Å². The first-order valence-electron chi connectivity index (χ1n) is 12.4. The highest BCUT2D eigenvalue weighted by Crippen LogP contribution is 2.55. The molecule has 0 unspecified atom stereocenters. The van der Waals surface area contributed by atoms with E-state index in [-0.39, 0.29) is 30.4 Å². The van der Waals surface area contributed by atoms with Crippen LogP contribution in [0.5, 0.6) is 5.75 Å². The lowest BCUT2D eigenvalue weighted by Gasteiger charge is -2.29. The molecule has 10 heteroatoms. The number of carboxylic acid groups (broad SMARTS) is 1. The smallest absolute Gasteiger partial charge is 0.339 e. The molecule has 3 aromatic heterocycles. The molecule has 0 saturated heterocycles. The summed E-state index contributed by atoms with van der Waals surface area (Å²) in [5.74, 6) is 0.0193. The number of pyridine rings is 1. The number of hydrogen-bond donors (Lipinski definition) is 1. The third kappa shape index (κ3) is 4.91. The summed E-state index contributed by atoms with van der Waals surface area (Å²) in [5.41, 5.74) is 4.33. The van der Waals surface area contributed by atoms with Crippen LogP contribution in [0.4, 0.5) is 0 Å². The average molecular weight is 516 g/mol. The zero-order chi connectivity index (χ0) is 25.7. The molecule has 1 N–H and O–H groups in total. The van der Waals surface area contributed by atoms with E-state index in [0.717, 1.165) is 41.4 Å². The van der Waals surface area contributed by atoms with Crippen molar-refractivity contribution in [2.24, 2.45) is 7.05 Å². The Balaban J connectivity index is 0.00000294. The van der Waals surface area contributed by atoms with E-state index < -0.39 is 5.97 Å². The highest BCUT2D eigenvalue weighted by atomic mass is 16.5. The van der Waals surface area contributed by atoms with E-state index in [0.29, 0.717) is 18.8 Å². The lowest BCUT2D eigenvalue weighted by atomic mass is 10.1. The number of rotatable bonds is 6. The molecule has 1 aliphatic heterocycles. The van der Waals surface area contributed by atoms with Crippen LogP contribution in [-0.2, 0) is 20.1 Å². The van der Waals surface area contributed by atoms with Gasteiger partial charge in [-0.2, -0.15) is 5.10 Å². The molecular formula is C28H33N7O3. The van der Waals surface area contributed by atoms with Crippen LogP contribution in [0.1, 0.15) is 72.5 Å².